The van der Waals surface area contributed by atoms with Crippen molar-refractivity contribution in [1.29, 1.82) is 0 Å². The van der Waals surface area contributed by atoms with Crippen LogP contribution in [-0.4, -0.2) is 6.21 Å². The molecule has 1 heterocycles. The zero-order valence-corrected chi connectivity index (χ0v) is 14.0. The molecule has 6 heteroatoms. The standard InChI is InChI=1S/C17H11Cl3N2O/c18-12-8-14(19)17(15(20)9-12)22-21-10-13-6-7-16(23-13)11-4-2-1-3-5-11/h1-10,22H. The summed E-state index contributed by atoms with van der Waals surface area (Å²) in [5.41, 5.74) is 4.29. The molecule has 0 fully saturated rings. The molecule has 0 amide bonds. The average molecular weight is 366 g/mol. The van der Waals surface area contributed by atoms with E-state index in [-0.39, 0.29) is 0 Å². The fourth-order valence-corrected chi connectivity index (χ4v) is 2.89. The second kappa shape index (κ2) is 7.09. The summed E-state index contributed by atoms with van der Waals surface area (Å²) in [5.74, 6) is 1.38. The maximum atomic E-state index is 6.07. The summed E-state index contributed by atoms with van der Waals surface area (Å²) in [6, 6.07) is 16.7. The predicted molar refractivity (Wildman–Crippen MR) is 96.8 cm³/mol. The van der Waals surface area contributed by atoms with Crippen LogP contribution in [0.2, 0.25) is 15.1 Å². The number of hydrogen-bond donors (Lipinski definition) is 1. The summed E-state index contributed by atoms with van der Waals surface area (Å²) >= 11 is 18.0. The number of nitrogens with zero attached hydrogens (tertiary/aromatic N) is 1. The normalized spacial score (nSPS) is 11.1. The van der Waals surface area contributed by atoms with E-state index < -0.39 is 0 Å². The Morgan fingerprint density at radius 1 is 0.913 bits per heavy atom. The highest BCUT2D eigenvalue weighted by molar-refractivity contribution is 6.41. The molecule has 0 saturated heterocycles. The van der Waals surface area contributed by atoms with E-state index in [1.54, 1.807) is 18.3 Å². The first-order chi connectivity index (χ1) is 11.1. The second-order valence-corrected chi connectivity index (χ2v) is 5.93. The van der Waals surface area contributed by atoms with Crippen molar-refractivity contribution in [2.75, 3.05) is 5.43 Å². The number of benzene rings is 2. The van der Waals surface area contributed by atoms with Gasteiger partial charge in [0.15, 0.2) is 0 Å². The van der Waals surface area contributed by atoms with Crippen molar-refractivity contribution in [2.24, 2.45) is 5.10 Å². The van der Waals surface area contributed by atoms with E-state index in [2.05, 4.69) is 10.5 Å². The molecule has 2 aromatic carbocycles. The Hall–Kier alpha value is -1.94. The molecule has 0 bridgehead atoms. The molecule has 0 aliphatic carbocycles. The first-order valence-corrected chi connectivity index (χ1v) is 7.86. The Morgan fingerprint density at radius 2 is 1.61 bits per heavy atom. The van der Waals surface area contributed by atoms with E-state index in [1.165, 1.54) is 0 Å². The quantitative estimate of drug-likeness (QED) is 0.432. The third kappa shape index (κ3) is 3.88. The molecule has 0 unspecified atom stereocenters. The van der Waals surface area contributed by atoms with Crippen LogP contribution in [0.5, 0.6) is 0 Å². The number of furan rings is 1. The molecule has 3 nitrogen and oxygen atoms in total. The van der Waals surface area contributed by atoms with Crippen LogP contribution in [0.25, 0.3) is 11.3 Å². The van der Waals surface area contributed by atoms with Crippen LogP contribution in [0.15, 0.2) is 64.1 Å². The van der Waals surface area contributed by atoms with E-state index in [9.17, 15) is 0 Å². The minimum Gasteiger partial charge on any atom is -0.455 e. The Balaban J connectivity index is 1.74. The molecule has 23 heavy (non-hydrogen) atoms. The lowest BCUT2D eigenvalue weighted by Crippen LogP contribution is -1.92. The van der Waals surface area contributed by atoms with Crippen LogP contribution in [0.4, 0.5) is 5.69 Å². The van der Waals surface area contributed by atoms with Crippen molar-refractivity contribution in [3.05, 3.63) is 75.4 Å². The van der Waals surface area contributed by atoms with E-state index in [0.717, 1.165) is 11.3 Å². The molecule has 0 spiro atoms. The van der Waals surface area contributed by atoms with Gasteiger partial charge >= 0.3 is 0 Å². The minimum atomic E-state index is 0.393. The largest absolute Gasteiger partial charge is 0.455 e. The van der Waals surface area contributed by atoms with Crippen LogP contribution >= 0.6 is 34.8 Å². The van der Waals surface area contributed by atoms with Crippen molar-refractivity contribution >= 4 is 46.7 Å². The summed E-state index contributed by atoms with van der Waals surface area (Å²) in [6.07, 6.45) is 1.55. The number of anilines is 1. The van der Waals surface area contributed by atoms with Crippen LogP contribution in [0.1, 0.15) is 5.76 Å². The monoisotopic (exact) mass is 364 g/mol. The smallest absolute Gasteiger partial charge is 0.147 e. The van der Waals surface area contributed by atoms with Gasteiger partial charge in [0.2, 0.25) is 0 Å². The van der Waals surface area contributed by atoms with Gasteiger partial charge in [-0.2, -0.15) is 5.10 Å². The van der Waals surface area contributed by atoms with Crippen molar-refractivity contribution in [1.82, 2.24) is 0 Å². The number of nitrogens with one attached hydrogen (secondary N) is 1. The summed E-state index contributed by atoms with van der Waals surface area (Å²) in [4.78, 5) is 0. The summed E-state index contributed by atoms with van der Waals surface area (Å²) < 4.78 is 5.71. The van der Waals surface area contributed by atoms with Crippen molar-refractivity contribution in [3.63, 3.8) is 0 Å². The van der Waals surface area contributed by atoms with Gasteiger partial charge in [0.1, 0.15) is 11.5 Å². The number of hydrogen-bond acceptors (Lipinski definition) is 3. The van der Waals surface area contributed by atoms with Gasteiger partial charge < -0.3 is 4.42 Å². The molecular formula is C17H11Cl3N2O. The van der Waals surface area contributed by atoms with E-state index in [1.807, 2.05) is 42.5 Å². The molecule has 0 aliphatic heterocycles. The zero-order chi connectivity index (χ0) is 16.2. The van der Waals surface area contributed by atoms with Crippen LogP contribution in [-0.2, 0) is 0 Å². The summed E-state index contributed by atoms with van der Waals surface area (Å²) in [5, 5.41) is 5.34. The number of hydrazone groups is 1. The van der Waals surface area contributed by atoms with E-state index in [4.69, 9.17) is 39.2 Å². The number of halogens is 3. The molecule has 0 aliphatic rings. The van der Waals surface area contributed by atoms with Gasteiger partial charge in [0.05, 0.1) is 21.9 Å². The highest BCUT2D eigenvalue weighted by Gasteiger charge is 2.07. The maximum Gasteiger partial charge on any atom is 0.147 e. The number of rotatable bonds is 4. The SMILES string of the molecule is Clc1cc(Cl)c(NN=Cc2ccc(-c3ccccc3)o2)c(Cl)c1. The van der Waals surface area contributed by atoms with Gasteiger partial charge in [-0.15, -0.1) is 0 Å². The van der Waals surface area contributed by atoms with Gasteiger partial charge in [0.25, 0.3) is 0 Å². The third-order valence-corrected chi connectivity index (χ3v) is 3.87. The topological polar surface area (TPSA) is 37.5 Å². The summed E-state index contributed by atoms with van der Waals surface area (Å²) in [6.45, 7) is 0. The first kappa shape index (κ1) is 15.9. The highest BCUT2D eigenvalue weighted by atomic mass is 35.5. The lowest BCUT2D eigenvalue weighted by atomic mass is 10.2. The lowest BCUT2D eigenvalue weighted by Gasteiger charge is -2.06. The lowest BCUT2D eigenvalue weighted by molar-refractivity contribution is 0.575. The van der Waals surface area contributed by atoms with Gasteiger partial charge in [0, 0.05) is 10.6 Å². The van der Waals surface area contributed by atoms with Crippen LogP contribution in [0.3, 0.4) is 0 Å². The van der Waals surface area contributed by atoms with E-state index >= 15 is 0 Å². The summed E-state index contributed by atoms with van der Waals surface area (Å²) in [7, 11) is 0. The Morgan fingerprint density at radius 3 is 2.30 bits per heavy atom. The molecular weight excluding hydrogens is 355 g/mol. The zero-order valence-electron chi connectivity index (χ0n) is 11.8. The molecule has 116 valence electrons. The van der Waals surface area contributed by atoms with Crippen molar-refractivity contribution < 1.29 is 4.42 Å². The average Bonchev–Trinajstić information content (AvgIpc) is 2.99. The van der Waals surface area contributed by atoms with Gasteiger partial charge in [-0.05, 0) is 24.3 Å². The first-order valence-electron chi connectivity index (χ1n) is 6.72. The fourth-order valence-electron chi connectivity index (χ4n) is 1.99. The Labute approximate surface area is 148 Å². The molecule has 1 N–H and O–H groups in total. The fraction of sp³-hybridized carbons (Fsp3) is 0. The van der Waals surface area contributed by atoms with Crippen molar-refractivity contribution in [2.45, 2.75) is 0 Å². The third-order valence-electron chi connectivity index (χ3n) is 3.06. The Kier molecular flexibility index (Phi) is 4.91. The minimum absolute atomic E-state index is 0.393. The second-order valence-electron chi connectivity index (χ2n) is 4.68. The molecule has 0 saturated carbocycles. The Bertz CT molecular complexity index is 821. The molecule has 0 radical (unpaired) electrons. The molecule has 0 atom stereocenters. The predicted octanol–water partition coefficient (Wildman–Crippen LogP) is 6.35. The van der Waals surface area contributed by atoms with Crippen molar-refractivity contribution in [3.8, 4) is 11.3 Å². The molecule has 3 rings (SSSR count). The molecule has 3 aromatic rings. The highest BCUT2D eigenvalue weighted by Crippen LogP contribution is 2.33. The van der Waals surface area contributed by atoms with Crippen LogP contribution < -0.4 is 5.43 Å². The van der Waals surface area contributed by atoms with Gasteiger partial charge in [-0.25, -0.2) is 0 Å². The maximum absolute atomic E-state index is 6.07. The van der Waals surface area contributed by atoms with Gasteiger partial charge in [-0.1, -0.05) is 65.1 Å². The van der Waals surface area contributed by atoms with Gasteiger partial charge in [-0.3, -0.25) is 5.43 Å². The van der Waals surface area contributed by atoms with Crippen LogP contribution in [0, 0.1) is 0 Å². The molecule has 1 aromatic heterocycles. The van der Waals surface area contributed by atoms with E-state index in [0.29, 0.717) is 26.5 Å².